The predicted molar refractivity (Wildman–Crippen MR) is 156 cm³/mol. The highest BCUT2D eigenvalue weighted by molar-refractivity contribution is 6.31. The second-order valence-electron chi connectivity index (χ2n) is 10.6. The summed E-state index contributed by atoms with van der Waals surface area (Å²) in [5, 5.41) is 12.2. The largest absolute Gasteiger partial charge is 0.452 e. The maximum Gasteiger partial charge on any atom is 0.416 e. The van der Waals surface area contributed by atoms with Crippen molar-refractivity contribution in [1.82, 2.24) is 15.1 Å². The molecule has 0 aliphatic carbocycles. The van der Waals surface area contributed by atoms with Crippen LogP contribution in [0.4, 0.5) is 4.79 Å². The van der Waals surface area contributed by atoms with E-state index in [1.807, 2.05) is 57.2 Å². The molecular formula is C30H40ClN5O4. The Morgan fingerprint density at radius 3 is 2.40 bits per heavy atom. The summed E-state index contributed by atoms with van der Waals surface area (Å²) in [6, 6.07) is 15.1. The second kappa shape index (κ2) is 13.8. The molecule has 216 valence electrons. The zero-order chi connectivity index (χ0) is 29.4. The van der Waals surface area contributed by atoms with Crippen molar-refractivity contribution in [2.24, 2.45) is 11.7 Å². The number of ether oxygens (including phenoxy) is 1. The van der Waals surface area contributed by atoms with Crippen molar-refractivity contribution in [3.63, 3.8) is 0 Å². The Kier molecular flexibility index (Phi) is 10.7. The van der Waals surface area contributed by atoms with Crippen molar-refractivity contribution in [2.75, 3.05) is 13.7 Å². The summed E-state index contributed by atoms with van der Waals surface area (Å²) in [5.74, 6) is -0.466. The average Bonchev–Trinajstić information content (AvgIpc) is 3.17. The number of halogens is 1. The Hall–Kier alpha value is -3.43. The van der Waals surface area contributed by atoms with Gasteiger partial charge in [0.2, 0.25) is 5.91 Å². The molecule has 40 heavy (non-hydrogen) atoms. The van der Waals surface area contributed by atoms with Crippen molar-refractivity contribution in [3.05, 3.63) is 70.7 Å². The fourth-order valence-electron chi connectivity index (χ4n) is 5.34. The van der Waals surface area contributed by atoms with Crippen LogP contribution in [0, 0.1) is 11.3 Å². The van der Waals surface area contributed by atoms with Crippen LogP contribution in [0.15, 0.2) is 54.6 Å². The van der Waals surface area contributed by atoms with E-state index in [1.165, 1.54) is 12.0 Å². The van der Waals surface area contributed by atoms with E-state index in [0.717, 1.165) is 10.5 Å². The van der Waals surface area contributed by atoms with E-state index in [0.29, 0.717) is 36.3 Å². The van der Waals surface area contributed by atoms with E-state index < -0.39 is 29.6 Å². The first-order valence-electron chi connectivity index (χ1n) is 13.7. The highest BCUT2D eigenvalue weighted by Gasteiger charge is 2.50. The van der Waals surface area contributed by atoms with Crippen LogP contribution in [0.5, 0.6) is 0 Å². The molecule has 0 unspecified atom stereocenters. The van der Waals surface area contributed by atoms with Crippen molar-refractivity contribution in [3.8, 4) is 0 Å². The maximum atomic E-state index is 13.8. The number of carbonyl (C=O) groups is 3. The lowest BCUT2D eigenvalue weighted by molar-refractivity contribution is -0.134. The highest BCUT2D eigenvalue weighted by atomic mass is 35.5. The lowest BCUT2D eigenvalue weighted by Gasteiger charge is -2.31. The summed E-state index contributed by atoms with van der Waals surface area (Å²) in [5.41, 5.74) is 6.78. The minimum atomic E-state index is -1.00. The molecule has 9 nitrogen and oxygen atoms in total. The van der Waals surface area contributed by atoms with Crippen LogP contribution >= 0.6 is 11.6 Å². The van der Waals surface area contributed by atoms with Crippen LogP contribution in [-0.2, 0) is 26.3 Å². The van der Waals surface area contributed by atoms with E-state index >= 15 is 0 Å². The summed E-state index contributed by atoms with van der Waals surface area (Å²) in [6.07, 6.45) is 1.28. The molecule has 1 aliphatic rings. The summed E-state index contributed by atoms with van der Waals surface area (Å²) >= 11 is 6.25. The Morgan fingerprint density at radius 2 is 1.80 bits per heavy atom. The zero-order valence-electron chi connectivity index (χ0n) is 23.7. The third-order valence-corrected chi connectivity index (χ3v) is 7.64. The van der Waals surface area contributed by atoms with Crippen LogP contribution in [0.2, 0.25) is 5.02 Å². The van der Waals surface area contributed by atoms with Gasteiger partial charge in [-0.3, -0.25) is 19.9 Å². The molecule has 3 amide bonds. The quantitative estimate of drug-likeness (QED) is 0.341. The number of nitrogens with two attached hydrogens (primary N) is 1. The first-order chi connectivity index (χ1) is 19.0. The van der Waals surface area contributed by atoms with Gasteiger partial charge in [0, 0.05) is 17.6 Å². The molecule has 3 rings (SSSR count). The first-order valence-corrected chi connectivity index (χ1v) is 14.1. The van der Waals surface area contributed by atoms with E-state index in [-0.39, 0.29) is 30.8 Å². The molecule has 0 aromatic heterocycles. The lowest BCUT2D eigenvalue weighted by Crippen LogP contribution is -2.52. The average molecular weight is 570 g/mol. The first kappa shape index (κ1) is 31.1. The molecule has 0 bridgehead atoms. The van der Waals surface area contributed by atoms with Crippen LogP contribution in [-0.4, -0.2) is 59.4 Å². The molecule has 0 radical (unpaired) electrons. The van der Waals surface area contributed by atoms with E-state index in [2.05, 4.69) is 5.32 Å². The van der Waals surface area contributed by atoms with E-state index in [9.17, 15) is 14.4 Å². The van der Waals surface area contributed by atoms with Crippen LogP contribution in [0.1, 0.15) is 57.6 Å². The van der Waals surface area contributed by atoms with Gasteiger partial charge in [-0.25, -0.2) is 9.69 Å². The van der Waals surface area contributed by atoms with E-state index in [4.69, 9.17) is 27.5 Å². The molecule has 2 aromatic carbocycles. The Balaban J connectivity index is 1.73. The minimum Gasteiger partial charge on any atom is -0.452 e. The van der Waals surface area contributed by atoms with E-state index in [1.54, 1.807) is 18.2 Å². The van der Waals surface area contributed by atoms with Crippen molar-refractivity contribution >= 4 is 35.5 Å². The van der Waals surface area contributed by atoms with Gasteiger partial charge in [-0.2, -0.15) is 0 Å². The van der Waals surface area contributed by atoms with Gasteiger partial charge in [-0.1, -0.05) is 80.9 Å². The van der Waals surface area contributed by atoms with Crippen LogP contribution in [0.3, 0.4) is 0 Å². The summed E-state index contributed by atoms with van der Waals surface area (Å²) in [4.78, 5) is 42.4. The molecule has 1 heterocycles. The van der Waals surface area contributed by atoms with Gasteiger partial charge in [0.15, 0.2) is 5.96 Å². The minimum absolute atomic E-state index is 0.0465. The summed E-state index contributed by atoms with van der Waals surface area (Å²) < 4.78 is 4.94. The van der Waals surface area contributed by atoms with Crippen molar-refractivity contribution < 1.29 is 19.1 Å². The highest BCUT2D eigenvalue weighted by Crippen LogP contribution is 2.35. The van der Waals surface area contributed by atoms with Gasteiger partial charge in [-0.15, -0.1) is 0 Å². The molecule has 1 aliphatic heterocycles. The number of nitrogens with one attached hydrogen (secondary N) is 2. The van der Waals surface area contributed by atoms with Gasteiger partial charge in [-0.05, 0) is 55.2 Å². The normalized spacial score (nSPS) is 18.4. The van der Waals surface area contributed by atoms with Crippen LogP contribution in [0.25, 0.3) is 0 Å². The molecule has 4 N–H and O–H groups in total. The second-order valence-corrected chi connectivity index (χ2v) is 11.0. The Labute approximate surface area is 241 Å². The van der Waals surface area contributed by atoms with Gasteiger partial charge < -0.3 is 15.8 Å². The molecular weight excluding hydrogens is 530 g/mol. The predicted octanol–water partition coefficient (Wildman–Crippen LogP) is 4.67. The number of nitrogens with zero attached hydrogens (tertiary/aromatic N) is 2. The fourth-order valence-corrected chi connectivity index (χ4v) is 5.55. The molecule has 3 atom stereocenters. The lowest BCUT2D eigenvalue weighted by atomic mass is 9.82. The number of carbonyl (C=O) groups excluding carboxylic acids is 3. The summed E-state index contributed by atoms with van der Waals surface area (Å²) in [7, 11) is 1.22. The summed E-state index contributed by atoms with van der Waals surface area (Å²) in [6.45, 7) is 6.24. The molecule has 0 saturated carbocycles. The third kappa shape index (κ3) is 6.82. The van der Waals surface area contributed by atoms with Gasteiger partial charge in [0.05, 0.1) is 13.2 Å². The number of benzene rings is 2. The van der Waals surface area contributed by atoms with Crippen molar-refractivity contribution in [1.29, 1.82) is 5.41 Å². The van der Waals surface area contributed by atoms with Gasteiger partial charge >= 0.3 is 6.09 Å². The van der Waals surface area contributed by atoms with Crippen LogP contribution < -0.4 is 11.1 Å². The number of methoxy groups -OCH3 is 1. The number of hydrogen-bond donors (Lipinski definition) is 3. The number of amides is 3. The molecule has 1 saturated heterocycles. The monoisotopic (exact) mass is 569 g/mol. The number of hydrogen-bond acceptors (Lipinski definition) is 6. The fraction of sp³-hybridized carbons (Fsp3) is 0.467. The topological polar surface area (TPSA) is 129 Å². The SMILES string of the molecule is CC[C@@H](CCCN1C(=N)N[C@](CC(C)C)(c2ccccc2)C1=O)N(C(=O)OC)C(=O)[C@@H](N)Cc1ccccc1Cl. The number of rotatable bonds is 12. The standard InChI is InChI=1S/C30H40ClN5O4/c1-5-23(36(29(39)40-4)26(37)25(32)18-21-12-9-10-16-24(21)31)15-11-17-35-27(38)30(19-20(2)3,34-28(35)33)22-13-7-6-8-14-22/h6-10,12-14,16,20,23,25H,5,11,15,17-19,32H2,1-4H3,(H2,33,34)/t23-,25-,30+/m0/s1. The zero-order valence-corrected chi connectivity index (χ0v) is 24.4. The maximum absolute atomic E-state index is 13.8. The smallest absolute Gasteiger partial charge is 0.416 e. The third-order valence-electron chi connectivity index (χ3n) is 7.27. The Morgan fingerprint density at radius 1 is 1.15 bits per heavy atom. The van der Waals surface area contributed by atoms with Crippen molar-refractivity contribution in [2.45, 2.75) is 70.5 Å². The molecule has 2 aromatic rings. The molecule has 10 heteroatoms. The van der Waals surface area contributed by atoms with Gasteiger partial charge in [0.25, 0.3) is 5.91 Å². The Bertz CT molecular complexity index is 1210. The molecule has 0 spiro atoms. The molecule has 1 fully saturated rings. The number of guanidine groups is 1. The number of imide groups is 1. The van der Waals surface area contributed by atoms with Gasteiger partial charge in [0.1, 0.15) is 5.54 Å².